The first-order chi connectivity index (χ1) is 9.08. The van der Waals surface area contributed by atoms with Gasteiger partial charge in [0.2, 0.25) is 5.91 Å². The number of benzene rings is 1. The number of hydrogen-bond acceptors (Lipinski definition) is 3. The SMILES string of the molecule is CC(NCC(=O)N1CCCC1)c1ccc(O)cc1F. The number of likely N-dealkylation sites (tertiary alicyclic amines) is 1. The first-order valence-corrected chi connectivity index (χ1v) is 6.57. The van der Waals surface area contributed by atoms with Gasteiger partial charge in [-0.1, -0.05) is 6.07 Å². The highest BCUT2D eigenvalue weighted by Crippen LogP contribution is 2.20. The number of amides is 1. The normalized spacial score (nSPS) is 16.6. The Labute approximate surface area is 112 Å². The van der Waals surface area contributed by atoms with Crippen molar-refractivity contribution in [2.75, 3.05) is 19.6 Å². The summed E-state index contributed by atoms with van der Waals surface area (Å²) in [4.78, 5) is 13.7. The number of rotatable bonds is 4. The van der Waals surface area contributed by atoms with Gasteiger partial charge in [0.25, 0.3) is 0 Å². The molecule has 2 rings (SSSR count). The lowest BCUT2D eigenvalue weighted by molar-refractivity contribution is -0.129. The minimum atomic E-state index is -0.464. The van der Waals surface area contributed by atoms with Crippen LogP contribution in [0.4, 0.5) is 4.39 Å². The lowest BCUT2D eigenvalue weighted by Crippen LogP contribution is -2.37. The summed E-state index contributed by atoms with van der Waals surface area (Å²) in [6.07, 6.45) is 2.13. The smallest absolute Gasteiger partial charge is 0.236 e. The van der Waals surface area contributed by atoms with Crippen LogP contribution in [-0.4, -0.2) is 35.5 Å². The molecule has 1 fully saturated rings. The zero-order chi connectivity index (χ0) is 13.8. The van der Waals surface area contributed by atoms with Crippen molar-refractivity contribution in [3.05, 3.63) is 29.6 Å². The summed E-state index contributed by atoms with van der Waals surface area (Å²) < 4.78 is 13.6. The monoisotopic (exact) mass is 266 g/mol. The molecule has 1 aliphatic heterocycles. The minimum Gasteiger partial charge on any atom is -0.508 e. The molecule has 1 aliphatic rings. The van der Waals surface area contributed by atoms with Crippen molar-refractivity contribution in [3.63, 3.8) is 0 Å². The molecule has 0 bridgehead atoms. The molecule has 0 aliphatic carbocycles. The molecule has 0 aromatic heterocycles. The van der Waals surface area contributed by atoms with E-state index in [0.717, 1.165) is 32.0 Å². The van der Waals surface area contributed by atoms with E-state index in [1.54, 1.807) is 6.92 Å². The number of halogens is 1. The number of phenols is 1. The molecule has 1 aromatic rings. The third-order valence-electron chi connectivity index (χ3n) is 3.47. The highest BCUT2D eigenvalue weighted by atomic mass is 19.1. The van der Waals surface area contributed by atoms with Crippen LogP contribution in [0.25, 0.3) is 0 Å². The Morgan fingerprint density at radius 2 is 2.16 bits per heavy atom. The first kappa shape index (κ1) is 13.8. The predicted molar refractivity (Wildman–Crippen MR) is 70.3 cm³/mol. The highest BCUT2D eigenvalue weighted by molar-refractivity contribution is 5.78. The molecule has 1 heterocycles. The molecular weight excluding hydrogens is 247 g/mol. The predicted octanol–water partition coefficient (Wildman–Crippen LogP) is 1.80. The third kappa shape index (κ3) is 3.44. The molecule has 2 N–H and O–H groups in total. The van der Waals surface area contributed by atoms with Gasteiger partial charge in [-0.2, -0.15) is 0 Å². The van der Waals surface area contributed by atoms with Crippen LogP contribution < -0.4 is 5.32 Å². The van der Waals surface area contributed by atoms with Gasteiger partial charge in [0.1, 0.15) is 11.6 Å². The van der Waals surface area contributed by atoms with Gasteiger partial charge in [0.05, 0.1) is 6.54 Å². The van der Waals surface area contributed by atoms with Crippen LogP contribution in [0.1, 0.15) is 31.4 Å². The van der Waals surface area contributed by atoms with Crippen molar-refractivity contribution < 1.29 is 14.3 Å². The molecule has 104 valence electrons. The Morgan fingerprint density at radius 3 is 2.79 bits per heavy atom. The van der Waals surface area contributed by atoms with Gasteiger partial charge in [-0.3, -0.25) is 4.79 Å². The number of phenolic OH excluding ortho intramolecular Hbond substituents is 1. The average molecular weight is 266 g/mol. The van der Waals surface area contributed by atoms with Crippen molar-refractivity contribution in [2.45, 2.75) is 25.8 Å². The second-order valence-corrected chi connectivity index (χ2v) is 4.90. The zero-order valence-electron chi connectivity index (χ0n) is 11.0. The summed E-state index contributed by atoms with van der Waals surface area (Å²) in [5.74, 6) is -0.501. The average Bonchev–Trinajstić information content (AvgIpc) is 2.89. The lowest BCUT2D eigenvalue weighted by atomic mass is 10.1. The topological polar surface area (TPSA) is 52.6 Å². The molecule has 0 spiro atoms. The quantitative estimate of drug-likeness (QED) is 0.874. The summed E-state index contributed by atoms with van der Waals surface area (Å²) in [6.45, 7) is 3.65. The Balaban J connectivity index is 1.89. The van der Waals surface area contributed by atoms with E-state index in [2.05, 4.69) is 5.32 Å². The maximum absolute atomic E-state index is 13.6. The van der Waals surface area contributed by atoms with Gasteiger partial charge in [-0.25, -0.2) is 4.39 Å². The van der Waals surface area contributed by atoms with Crippen molar-refractivity contribution in [1.29, 1.82) is 0 Å². The standard InChI is InChI=1S/C14H19FN2O2/c1-10(12-5-4-11(18)8-13(12)15)16-9-14(19)17-6-2-3-7-17/h4-5,8,10,16,18H,2-3,6-7,9H2,1H3. The Morgan fingerprint density at radius 1 is 1.47 bits per heavy atom. The molecule has 1 amide bonds. The minimum absolute atomic E-state index is 0.0588. The van der Waals surface area contributed by atoms with E-state index in [4.69, 9.17) is 5.11 Å². The van der Waals surface area contributed by atoms with E-state index in [1.165, 1.54) is 12.1 Å². The van der Waals surface area contributed by atoms with Crippen LogP contribution in [0.3, 0.4) is 0 Å². The number of nitrogens with zero attached hydrogens (tertiary/aromatic N) is 1. The number of nitrogens with one attached hydrogen (secondary N) is 1. The van der Waals surface area contributed by atoms with Crippen LogP contribution in [-0.2, 0) is 4.79 Å². The van der Waals surface area contributed by atoms with Crippen LogP contribution in [0.5, 0.6) is 5.75 Å². The van der Waals surface area contributed by atoms with Crippen LogP contribution in [0.2, 0.25) is 0 Å². The maximum atomic E-state index is 13.6. The summed E-state index contributed by atoms with van der Waals surface area (Å²) in [6, 6.07) is 3.78. The molecule has 0 saturated carbocycles. The van der Waals surface area contributed by atoms with Gasteiger partial charge in [-0.05, 0) is 25.8 Å². The van der Waals surface area contributed by atoms with E-state index in [-0.39, 0.29) is 24.2 Å². The molecular formula is C14H19FN2O2. The number of carbonyl (C=O) groups excluding carboxylic acids is 1. The fraction of sp³-hybridized carbons (Fsp3) is 0.500. The van der Waals surface area contributed by atoms with Crippen LogP contribution in [0, 0.1) is 5.82 Å². The Kier molecular flexibility index (Phi) is 4.37. The van der Waals surface area contributed by atoms with Gasteiger partial charge >= 0.3 is 0 Å². The van der Waals surface area contributed by atoms with Crippen LogP contribution >= 0.6 is 0 Å². The summed E-state index contributed by atoms with van der Waals surface area (Å²) in [5, 5.41) is 12.2. The largest absolute Gasteiger partial charge is 0.508 e. The molecule has 4 nitrogen and oxygen atoms in total. The fourth-order valence-electron chi connectivity index (χ4n) is 2.30. The summed E-state index contributed by atoms with van der Waals surface area (Å²) in [5.41, 5.74) is 0.451. The second kappa shape index (κ2) is 6.02. The lowest BCUT2D eigenvalue weighted by Gasteiger charge is -2.19. The first-order valence-electron chi connectivity index (χ1n) is 6.57. The van der Waals surface area contributed by atoms with E-state index in [0.29, 0.717) is 5.56 Å². The van der Waals surface area contributed by atoms with E-state index >= 15 is 0 Å². The molecule has 19 heavy (non-hydrogen) atoms. The van der Waals surface area contributed by atoms with Crippen molar-refractivity contribution in [3.8, 4) is 5.75 Å². The van der Waals surface area contributed by atoms with Gasteiger partial charge in [0.15, 0.2) is 0 Å². The number of hydrogen-bond donors (Lipinski definition) is 2. The van der Waals surface area contributed by atoms with Crippen molar-refractivity contribution >= 4 is 5.91 Å². The summed E-state index contributed by atoms with van der Waals surface area (Å²) >= 11 is 0. The zero-order valence-corrected chi connectivity index (χ0v) is 11.0. The molecule has 0 radical (unpaired) electrons. The van der Waals surface area contributed by atoms with E-state index in [1.807, 2.05) is 4.90 Å². The fourth-order valence-corrected chi connectivity index (χ4v) is 2.30. The molecule has 1 aromatic carbocycles. The Hall–Kier alpha value is -1.62. The highest BCUT2D eigenvalue weighted by Gasteiger charge is 2.19. The van der Waals surface area contributed by atoms with Gasteiger partial charge < -0.3 is 15.3 Å². The van der Waals surface area contributed by atoms with E-state index < -0.39 is 5.82 Å². The van der Waals surface area contributed by atoms with Gasteiger partial charge in [0, 0.05) is 30.8 Å². The second-order valence-electron chi connectivity index (χ2n) is 4.90. The molecule has 1 atom stereocenters. The molecule has 1 saturated heterocycles. The van der Waals surface area contributed by atoms with Gasteiger partial charge in [-0.15, -0.1) is 0 Å². The van der Waals surface area contributed by atoms with Crippen molar-refractivity contribution in [1.82, 2.24) is 10.2 Å². The van der Waals surface area contributed by atoms with Crippen LogP contribution in [0.15, 0.2) is 18.2 Å². The Bertz CT molecular complexity index is 459. The van der Waals surface area contributed by atoms with E-state index in [9.17, 15) is 9.18 Å². The number of carbonyl (C=O) groups is 1. The number of aromatic hydroxyl groups is 1. The molecule has 1 unspecified atom stereocenters. The summed E-state index contributed by atoms with van der Waals surface area (Å²) in [7, 11) is 0. The maximum Gasteiger partial charge on any atom is 0.236 e. The third-order valence-corrected chi connectivity index (χ3v) is 3.47. The van der Waals surface area contributed by atoms with Crippen molar-refractivity contribution in [2.24, 2.45) is 0 Å². The molecule has 5 heteroatoms.